The van der Waals surface area contributed by atoms with Gasteiger partial charge in [-0.05, 0) is 72.9 Å². The lowest BCUT2D eigenvalue weighted by atomic mass is 9.87. The van der Waals surface area contributed by atoms with Gasteiger partial charge in [-0.1, -0.05) is 39.0 Å². The van der Waals surface area contributed by atoms with Crippen LogP contribution in [0.4, 0.5) is 5.69 Å². The highest BCUT2D eigenvalue weighted by Gasteiger charge is 2.47. The quantitative estimate of drug-likeness (QED) is 0.290. The number of pyridine rings is 1. The third kappa shape index (κ3) is 4.83. The second kappa shape index (κ2) is 9.37. The van der Waals surface area contributed by atoms with Gasteiger partial charge >= 0.3 is 0 Å². The summed E-state index contributed by atoms with van der Waals surface area (Å²) in [5.41, 5.74) is 2.72. The SMILES string of the molecule is CC(C)Oc1ccc(/C(O)=C2\C(=O)C(=O)N(c3ccc(C(C)(C)C)cc3)C2c2cccnc2)cc1. The van der Waals surface area contributed by atoms with E-state index in [1.54, 1.807) is 48.8 Å². The Balaban J connectivity index is 1.82. The van der Waals surface area contributed by atoms with Crippen LogP contribution in [0, 0.1) is 0 Å². The van der Waals surface area contributed by atoms with E-state index in [4.69, 9.17) is 4.74 Å². The molecule has 0 aliphatic carbocycles. The molecule has 0 bridgehead atoms. The number of hydrogen-bond acceptors (Lipinski definition) is 5. The van der Waals surface area contributed by atoms with Gasteiger partial charge < -0.3 is 9.84 Å². The summed E-state index contributed by atoms with van der Waals surface area (Å²) in [5, 5.41) is 11.2. The molecule has 1 aromatic heterocycles. The zero-order valence-electron chi connectivity index (χ0n) is 20.6. The Morgan fingerprint density at radius 3 is 2.20 bits per heavy atom. The lowest BCUT2D eigenvalue weighted by Gasteiger charge is -2.26. The number of hydrogen-bond donors (Lipinski definition) is 1. The number of rotatable bonds is 5. The summed E-state index contributed by atoms with van der Waals surface area (Å²) in [7, 11) is 0. The van der Waals surface area contributed by atoms with Crippen LogP contribution in [0.2, 0.25) is 0 Å². The molecular formula is C29H30N2O4. The molecule has 1 aliphatic heterocycles. The maximum Gasteiger partial charge on any atom is 0.300 e. The molecule has 2 heterocycles. The van der Waals surface area contributed by atoms with Crippen LogP contribution in [0.1, 0.15) is 57.4 Å². The van der Waals surface area contributed by atoms with Crippen molar-refractivity contribution in [2.24, 2.45) is 0 Å². The maximum atomic E-state index is 13.3. The second-order valence-corrected chi connectivity index (χ2v) is 9.94. The van der Waals surface area contributed by atoms with E-state index in [0.717, 1.165) is 5.56 Å². The van der Waals surface area contributed by atoms with Crippen LogP contribution in [0.3, 0.4) is 0 Å². The number of carbonyl (C=O) groups excluding carboxylic acids is 2. The van der Waals surface area contributed by atoms with E-state index in [9.17, 15) is 14.7 Å². The molecule has 1 saturated heterocycles. The molecule has 4 rings (SSSR count). The first-order chi connectivity index (χ1) is 16.6. The van der Waals surface area contributed by atoms with Crippen molar-refractivity contribution in [3.05, 3.63) is 95.3 Å². The van der Waals surface area contributed by atoms with Gasteiger partial charge in [0, 0.05) is 23.6 Å². The summed E-state index contributed by atoms with van der Waals surface area (Å²) in [6, 6.07) is 17.2. The fourth-order valence-corrected chi connectivity index (χ4v) is 4.19. The van der Waals surface area contributed by atoms with Gasteiger partial charge in [-0.2, -0.15) is 0 Å². The van der Waals surface area contributed by atoms with E-state index < -0.39 is 17.7 Å². The van der Waals surface area contributed by atoms with Crippen molar-refractivity contribution in [3.63, 3.8) is 0 Å². The molecule has 6 nitrogen and oxygen atoms in total. The van der Waals surface area contributed by atoms with Crippen LogP contribution in [-0.4, -0.2) is 27.9 Å². The van der Waals surface area contributed by atoms with Crippen LogP contribution >= 0.6 is 0 Å². The summed E-state index contributed by atoms with van der Waals surface area (Å²) in [4.78, 5) is 32.2. The molecule has 180 valence electrons. The number of aliphatic hydroxyl groups excluding tert-OH is 1. The molecule has 1 N–H and O–H groups in total. The second-order valence-electron chi connectivity index (χ2n) is 9.94. The van der Waals surface area contributed by atoms with Crippen molar-refractivity contribution >= 4 is 23.1 Å². The smallest absolute Gasteiger partial charge is 0.300 e. The Morgan fingerprint density at radius 2 is 1.66 bits per heavy atom. The van der Waals surface area contributed by atoms with E-state index in [-0.39, 0.29) is 22.9 Å². The van der Waals surface area contributed by atoms with Crippen LogP contribution in [0.15, 0.2) is 78.6 Å². The zero-order valence-corrected chi connectivity index (χ0v) is 20.6. The van der Waals surface area contributed by atoms with Crippen molar-refractivity contribution in [2.75, 3.05) is 4.90 Å². The number of Topliss-reactive ketones (excluding diaryl/α,β-unsaturated/α-hetero) is 1. The number of ketones is 1. The topological polar surface area (TPSA) is 79.7 Å². The molecule has 35 heavy (non-hydrogen) atoms. The molecular weight excluding hydrogens is 440 g/mol. The zero-order chi connectivity index (χ0) is 25.3. The number of aliphatic hydroxyl groups is 1. The molecule has 1 aliphatic rings. The maximum absolute atomic E-state index is 13.3. The van der Waals surface area contributed by atoms with Gasteiger partial charge in [-0.3, -0.25) is 19.5 Å². The fourth-order valence-electron chi connectivity index (χ4n) is 4.19. The summed E-state index contributed by atoms with van der Waals surface area (Å²) >= 11 is 0. The van der Waals surface area contributed by atoms with Gasteiger partial charge in [-0.25, -0.2) is 0 Å². The van der Waals surface area contributed by atoms with Crippen molar-refractivity contribution in [2.45, 2.75) is 52.2 Å². The third-order valence-electron chi connectivity index (χ3n) is 5.96. The van der Waals surface area contributed by atoms with Gasteiger partial charge in [0.15, 0.2) is 0 Å². The molecule has 1 unspecified atom stereocenters. The van der Waals surface area contributed by atoms with Crippen LogP contribution in [-0.2, 0) is 15.0 Å². The molecule has 6 heteroatoms. The van der Waals surface area contributed by atoms with Gasteiger partial charge in [-0.15, -0.1) is 0 Å². The van der Waals surface area contributed by atoms with Crippen molar-refractivity contribution in [1.29, 1.82) is 0 Å². The number of ether oxygens (including phenoxy) is 1. The molecule has 0 spiro atoms. The first-order valence-corrected chi connectivity index (χ1v) is 11.7. The Labute approximate surface area is 205 Å². The Kier molecular flexibility index (Phi) is 6.48. The number of carbonyl (C=O) groups is 2. The molecule has 1 atom stereocenters. The predicted molar refractivity (Wildman–Crippen MR) is 136 cm³/mol. The molecule has 2 aromatic carbocycles. The van der Waals surface area contributed by atoms with E-state index in [0.29, 0.717) is 22.6 Å². The molecule has 1 fully saturated rings. The molecule has 1 amide bonds. The molecule has 3 aromatic rings. The minimum Gasteiger partial charge on any atom is -0.507 e. The Morgan fingerprint density at radius 1 is 1.00 bits per heavy atom. The standard InChI is InChI=1S/C29H30N2O4/c1-18(2)35-23-14-8-19(9-15-23)26(32)24-25(20-7-6-16-30-17-20)31(28(34)27(24)33)22-12-10-21(11-13-22)29(3,4)5/h6-18,25,32H,1-5H3/b26-24+. The fraction of sp³-hybridized carbons (Fsp3) is 0.276. The minimum atomic E-state index is -0.809. The van der Waals surface area contributed by atoms with E-state index in [1.807, 2.05) is 38.1 Å². The number of nitrogens with zero attached hydrogens (tertiary/aromatic N) is 2. The number of anilines is 1. The first kappa shape index (κ1) is 24.2. The molecule has 0 radical (unpaired) electrons. The summed E-state index contributed by atoms with van der Waals surface area (Å²) in [6.07, 6.45) is 3.25. The van der Waals surface area contributed by atoms with Gasteiger partial charge in [0.05, 0.1) is 17.7 Å². The highest BCUT2D eigenvalue weighted by molar-refractivity contribution is 6.51. The highest BCUT2D eigenvalue weighted by Crippen LogP contribution is 2.42. The number of aromatic nitrogens is 1. The minimum absolute atomic E-state index is 0.00928. The monoisotopic (exact) mass is 470 g/mol. The van der Waals surface area contributed by atoms with Crippen molar-refractivity contribution < 1.29 is 19.4 Å². The largest absolute Gasteiger partial charge is 0.507 e. The van der Waals surface area contributed by atoms with Gasteiger partial charge in [0.25, 0.3) is 11.7 Å². The highest BCUT2D eigenvalue weighted by atomic mass is 16.5. The average Bonchev–Trinajstić information content (AvgIpc) is 3.09. The van der Waals surface area contributed by atoms with Crippen LogP contribution < -0.4 is 9.64 Å². The summed E-state index contributed by atoms with van der Waals surface area (Å²) in [6.45, 7) is 10.2. The summed E-state index contributed by atoms with van der Waals surface area (Å²) < 4.78 is 5.68. The normalized spacial score (nSPS) is 17.8. The lowest BCUT2D eigenvalue weighted by molar-refractivity contribution is -0.132. The Bertz CT molecular complexity index is 1250. The van der Waals surface area contributed by atoms with Crippen molar-refractivity contribution in [1.82, 2.24) is 4.98 Å². The lowest BCUT2D eigenvalue weighted by Crippen LogP contribution is -2.29. The van der Waals surface area contributed by atoms with Gasteiger partial charge in [0.2, 0.25) is 0 Å². The number of benzene rings is 2. The van der Waals surface area contributed by atoms with Gasteiger partial charge in [0.1, 0.15) is 11.5 Å². The first-order valence-electron chi connectivity index (χ1n) is 11.7. The van der Waals surface area contributed by atoms with Crippen LogP contribution in [0.25, 0.3) is 5.76 Å². The van der Waals surface area contributed by atoms with E-state index in [1.165, 1.54) is 4.90 Å². The van der Waals surface area contributed by atoms with Crippen molar-refractivity contribution in [3.8, 4) is 5.75 Å². The van der Waals surface area contributed by atoms with E-state index >= 15 is 0 Å². The average molecular weight is 471 g/mol. The molecule has 0 saturated carbocycles. The summed E-state index contributed by atoms with van der Waals surface area (Å²) in [5.74, 6) is -1.01. The van der Waals surface area contributed by atoms with Crippen LogP contribution in [0.5, 0.6) is 5.75 Å². The number of amides is 1. The van der Waals surface area contributed by atoms with E-state index in [2.05, 4.69) is 25.8 Å². The Hall–Kier alpha value is -3.93. The predicted octanol–water partition coefficient (Wildman–Crippen LogP) is 5.79. The third-order valence-corrected chi connectivity index (χ3v) is 5.96.